The summed E-state index contributed by atoms with van der Waals surface area (Å²) in [6.07, 6.45) is -0.0454. The topological polar surface area (TPSA) is 270 Å². The zero-order chi connectivity index (χ0) is 35.0. The number of guanidine groups is 1. The van der Waals surface area contributed by atoms with Gasteiger partial charge in [0, 0.05) is 13.0 Å². The van der Waals surface area contributed by atoms with E-state index in [1.165, 1.54) is 6.92 Å². The van der Waals surface area contributed by atoms with Gasteiger partial charge in [0.2, 0.25) is 29.5 Å². The minimum Gasteiger partial charge on any atom is -0.391 e. The van der Waals surface area contributed by atoms with Crippen LogP contribution >= 0.6 is 0 Å². The molecule has 0 heterocycles. The van der Waals surface area contributed by atoms with E-state index in [1.54, 1.807) is 24.3 Å². The van der Waals surface area contributed by atoms with Crippen LogP contribution in [0.5, 0.6) is 0 Å². The largest absolute Gasteiger partial charge is 0.391 e. The number of aliphatic hydroxyl groups is 1. The monoisotopic (exact) mass is 647 g/mol. The van der Waals surface area contributed by atoms with Crippen LogP contribution in [-0.2, 0) is 30.4 Å². The van der Waals surface area contributed by atoms with Gasteiger partial charge in [0.15, 0.2) is 5.96 Å². The van der Waals surface area contributed by atoms with Crippen LogP contribution in [0.3, 0.4) is 0 Å². The molecular formula is C31H53N9O6. The number of nitrogens with zero attached hydrogens (tertiary/aromatic N) is 1. The normalized spacial score (nSPS) is 15.1. The average molecular weight is 648 g/mol. The van der Waals surface area contributed by atoms with Crippen LogP contribution in [0.25, 0.3) is 0 Å². The molecular weight excluding hydrogens is 594 g/mol. The molecule has 0 radical (unpaired) electrons. The average Bonchev–Trinajstić information content (AvgIpc) is 2.96. The highest BCUT2D eigenvalue weighted by Crippen LogP contribution is 2.11. The smallest absolute Gasteiger partial charge is 0.243 e. The minimum absolute atomic E-state index is 0.0216. The summed E-state index contributed by atoms with van der Waals surface area (Å²) in [5, 5.41) is 20.5. The summed E-state index contributed by atoms with van der Waals surface area (Å²) in [5.74, 6) is -3.50. The first-order chi connectivity index (χ1) is 21.5. The maximum absolute atomic E-state index is 13.6. The van der Waals surface area contributed by atoms with Crippen molar-refractivity contribution >= 4 is 35.5 Å². The number of primary amides is 1. The summed E-state index contributed by atoms with van der Waals surface area (Å²) >= 11 is 0. The van der Waals surface area contributed by atoms with Crippen molar-refractivity contribution in [2.75, 3.05) is 6.54 Å². The Morgan fingerprint density at radius 3 is 1.61 bits per heavy atom. The summed E-state index contributed by atoms with van der Waals surface area (Å²) in [6, 6.07) is 3.44. The van der Waals surface area contributed by atoms with Gasteiger partial charge < -0.3 is 49.3 Å². The molecule has 15 heteroatoms. The maximum atomic E-state index is 13.6. The lowest BCUT2D eigenvalue weighted by Crippen LogP contribution is -2.60. The second-order valence-electron chi connectivity index (χ2n) is 12.3. The molecule has 0 aromatic heterocycles. The molecule has 5 amide bonds. The van der Waals surface area contributed by atoms with Gasteiger partial charge in [0.25, 0.3) is 0 Å². The van der Waals surface area contributed by atoms with Gasteiger partial charge in [-0.1, -0.05) is 58.0 Å². The number of aliphatic hydroxyl groups excluding tert-OH is 1. The number of hydrogen-bond donors (Lipinski definition) is 9. The summed E-state index contributed by atoms with van der Waals surface area (Å²) in [4.78, 5) is 69.2. The molecule has 0 saturated heterocycles. The van der Waals surface area contributed by atoms with Crippen LogP contribution in [0.15, 0.2) is 35.3 Å². The summed E-state index contributed by atoms with van der Waals surface area (Å²) in [5.41, 5.74) is 22.7. The lowest BCUT2D eigenvalue weighted by atomic mass is 9.98. The van der Waals surface area contributed by atoms with Crippen LogP contribution in [0.1, 0.15) is 65.9 Å². The number of benzene rings is 1. The molecule has 0 fully saturated rings. The van der Waals surface area contributed by atoms with Gasteiger partial charge in [-0.2, -0.15) is 0 Å². The second kappa shape index (κ2) is 20.0. The van der Waals surface area contributed by atoms with Gasteiger partial charge in [0.05, 0.1) is 6.10 Å². The number of hydrogen-bond acceptors (Lipinski definition) is 8. The fourth-order valence-electron chi connectivity index (χ4n) is 4.56. The molecule has 13 N–H and O–H groups in total. The summed E-state index contributed by atoms with van der Waals surface area (Å²) in [7, 11) is 0. The Labute approximate surface area is 271 Å². The third kappa shape index (κ3) is 15.2. The first kappa shape index (κ1) is 39.8. The van der Waals surface area contributed by atoms with Crippen molar-refractivity contribution in [1.82, 2.24) is 21.3 Å². The second-order valence-corrected chi connectivity index (χ2v) is 12.3. The highest BCUT2D eigenvalue weighted by Gasteiger charge is 2.32. The van der Waals surface area contributed by atoms with Crippen LogP contribution in [0.2, 0.25) is 0 Å². The number of carbonyl (C=O) groups excluding carboxylic acids is 5. The zero-order valence-electron chi connectivity index (χ0n) is 27.5. The fraction of sp³-hybridized carbons (Fsp3) is 0.613. The zero-order valence-corrected chi connectivity index (χ0v) is 27.5. The first-order valence-electron chi connectivity index (χ1n) is 15.5. The van der Waals surface area contributed by atoms with Gasteiger partial charge in [-0.3, -0.25) is 29.0 Å². The number of nitrogens with two attached hydrogens (primary N) is 4. The van der Waals surface area contributed by atoms with Crippen LogP contribution < -0.4 is 44.2 Å². The van der Waals surface area contributed by atoms with E-state index in [2.05, 4.69) is 26.3 Å². The fourth-order valence-corrected chi connectivity index (χ4v) is 4.56. The Morgan fingerprint density at radius 1 is 0.717 bits per heavy atom. The maximum Gasteiger partial charge on any atom is 0.243 e. The number of nitrogens with one attached hydrogen (secondary N) is 4. The molecule has 1 aromatic rings. The SMILES string of the molecule is CC(C)C[C@H](NC(=O)[C@H](CC(C)C)NC(=O)[C@H](Cc1ccccc1)NC(=O)[C@H](N)[C@@H](C)O)C(=O)N[C@@H](CCCN=C(N)N)C(N)=O. The molecule has 46 heavy (non-hydrogen) atoms. The number of amides is 5. The van der Waals surface area contributed by atoms with E-state index in [0.717, 1.165) is 5.56 Å². The van der Waals surface area contributed by atoms with E-state index in [9.17, 15) is 29.1 Å². The number of aliphatic imine (C=N–C) groups is 1. The van der Waals surface area contributed by atoms with E-state index in [1.807, 2.05) is 33.8 Å². The van der Waals surface area contributed by atoms with E-state index in [0.29, 0.717) is 6.42 Å². The molecule has 0 bridgehead atoms. The summed E-state index contributed by atoms with van der Waals surface area (Å²) in [6.45, 7) is 9.08. The Balaban J connectivity index is 3.18. The Kier molecular flexibility index (Phi) is 17.3. The molecule has 0 spiro atoms. The van der Waals surface area contributed by atoms with Crippen molar-refractivity contribution in [3.63, 3.8) is 0 Å². The van der Waals surface area contributed by atoms with Gasteiger partial charge in [-0.15, -0.1) is 0 Å². The van der Waals surface area contributed by atoms with Crippen molar-refractivity contribution < 1.29 is 29.1 Å². The van der Waals surface area contributed by atoms with Crippen LogP contribution in [-0.4, -0.2) is 83.5 Å². The van der Waals surface area contributed by atoms with Gasteiger partial charge in [-0.05, 0) is 50.0 Å². The van der Waals surface area contributed by atoms with E-state index >= 15 is 0 Å². The van der Waals surface area contributed by atoms with Crippen molar-refractivity contribution in [2.45, 2.75) is 103 Å². The molecule has 1 rings (SSSR count). The molecule has 0 aliphatic carbocycles. The standard InChI is InChI=1S/C31H53N9O6/c1-17(2)14-22(27(43)37-21(26(33)42)12-9-13-36-31(34)35)38-28(44)23(15-18(3)4)39-29(45)24(16-20-10-7-6-8-11-20)40-30(46)25(32)19(5)41/h6-8,10-11,17-19,21-25,41H,9,12-16,32H2,1-5H3,(H2,33,42)(H,37,43)(H,38,44)(H,39,45)(H,40,46)(H4,34,35,36)/t19-,21+,22+,23+,24+,25-/m1/s1. The molecule has 1 aromatic carbocycles. The quantitative estimate of drug-likeness (QED) is 0.0452. The van der Waals surface area contributed by atoms with Crippen molar-refractivity contribution in [3.8, 4) is 0 Å². The Bertz CT molecular complexity index is 1170. The minimum atomic E-state index is -1.27. The van der Waals surface area contributed by atoms with Gasteiger partial charge >= 0.3 is 0 Å². The lowest BCUT2D eigenvalue weighted by Gasteiger charge is -2.28. The molecule has 6 atom stereocenters. The first-order valence-corrected chi connectivity index (χ1v) is 15.5. The van der Waals surface area contributed by atoms with Crippen molar-refractivity contribution in [3.05, 3.63) is 35.9 Å². The third-order valence-corrected chi connectivity index (χ3v) is 7.02. The molecule has 258 valence electrons. The van der Waals surface area contributed by atoms with E-state index in [-0.39, 0.29) is 50.0 Å². The van der Waals surface area contributed by atoms with E-state index < -0.39 is 65.8 Å². The predicted molar refractivity (Wildman–Crippen MR) is 176 cm³/mol. The Morgan fingerprint density at radius 2 is 1.17 bits per heavy atom. The van der Waals surface area contributed by atoms with Crippen LogP contribution in [0.4, 0.5) is 0 Å². The summed E-state index contributed by atoms with van der Waals surface area (Å²) < 4.78 is 0. The van der Waals surface area contributed by atoms with Gasteiger partial charge in [0.1, 0.15) is 30.2 Å². The highest BCUT2D eigenvalue weighted by atomic mass is 16.3. The molecule has 0 aliphatic heterocycles. The van der Waals surface area contributed by atoms with Gasteiger partial charge in [-0.25, -0.2) is 0 Å². The predicted octanol–water partition coefficient (Wildman–Crippen LogP) is -1.49. The molecule has 15 nitrogen and oxygen atoms in total. The molecule has 0 aliphatic rings. The highest BCUT2D eigenvalue weighted by molar-refractivity contribution is 5.96. The molecule has 0 unspecified atom stereocenters. The molecule has 0 saturated carbocycles. The number of rotatable bonds is 20. The Hall–Kier alpha value is -4.24. The van der Waals surface area contributed by atoms with E-state index in [4.69, 9.17) is 22.9 Å². The van der Waals surface area contributed by atoms with Crippen molar-refractivity contribution in [1.29, 1.82) is 0 Å². The third-order valence-electron chi connectivity index (χ3n) is 7.02. The number of carbonyl (C=O) groups is 5. The lowest BCUT2D eigenvalue weighted by molar-refractivity contribution is -0.135. The van der Waals surface area contributed by atoms with Crippen molar-refractivity contribution in [2.24, 2.45) is 39.8 Å². The van der Waals surface area contributed by atoms with Crippen LogP contribution in [0, 0.1) is 11.8 Å².